The average molecular weight is 327 g/mol. The monoisotopic (exact) mass is 326 g/mol. The van der Waals surface area contributed by atoms with Gasteiger partial charge < -0.3 is 4.74 Å². The highest BCUT2D eigenvalue weighted by Gasteiger charge is 2.35. The first-order valence-corrected chi connectivity index (χ1v) is 7.11. The van der Waals surface area contributed by atoms with Crippen LogP contribution < -0.4 is 4.90 Å². The minimum absolute atomic E-state index is 0.182. The highest BCUT2D eigenvalue weighted by atomic mass is 35.5. The number of amidine groups is 1. The zero-order chi connectivity index (χ0) is 16.4. The van der Waals surface area contributed by atoms with Gasteiger partial charge in [0, 0.05) is 16.7 Å². The normalized spacial score (nSPS) is 15.9. The Hall–Kier alpha value is -2.92. The zero-order valence-electron chi connectivity index (χ0n) is 11.8. The molecule has 5 nitrogen and oxygen atoms in total. The lowest BCUT2D eigenvalue weighted by atomic mass is 10.1. The van der Waals surface area contributed by atoms with Gasteiger partial charge in [0.2, 0.25) is 5.76 Å². The summed E-state index contributed by atoms with van der Waals surface area (Å²) in [6.07, 6.45) is 1.09. The number of rotatable bonds is 3. The predicted octanol–water partition coefficient (Wildman–Crippen LogP) is 3.40. The van der Waals surface area contributed by atoms with Crippen LogP contribution in [0.25, 0.3) is 0 Å². The van der Waals surface area contributed by atoms with Crippen LogP contribution in [-0.2, 0) is 9.53 Å². The van der Waals surface area contributed by atoms with E-state index in [9.17, 15) is 9.59 Å². The number of anilines is 1. The molecule has 1 N–H and O–H groups in total. The van der Waals surface area contributed by atoms with Crippen molar-refractivity contribution in [1.29, 1.82) is 5.41 Å². The van der Waals surface area contributed by atoms with E-state index in [4.69, 9.17) is 21.7 Å². The minimum Gasteiger partial charge on any atom is -0.419 e. The Bertz CT molecular complexity index is 813. The lowest BCUT2D eigenvalue weighted by molar-refractivity contribution is -0.114. The van der Waals surface area contributed by atoms with Crippen molar-refractivity contribution in [3.05, 3.63) is 77.0 Å². The first-order chi connectivity index (χ1) is 11.1. The Labute approximate surface area is 137 Å². The molecule has 1 saturated heterocycles. The van der Waals surface area contributed by atoms with Gasteiger partial charge in [-0.25, -0.2) is 4.90 Å². The second kappa shape index (κ2) is 6.06. The molecule has 1 aliphatic rings. The number of nitrogens with one attached hydrogen (secondary N) is 1. The van der Waals surface area contributed by atoms with Gasteiger partial charge in [-0.15, -0.1) is 0 Å². The fourth-order valence-corrected chi connectivity index (χ4v) is 2.24. The standard InChI is InChI=1S/C17H11ClN2O3/c18-12-8-6-11(7-9-12)14(21)10-15-16(22)20(17(19)23-15)13-4-2-1-3-5-13/h1-10,19H/b15-10-,19-17?. The van der Waals surface area contributed by atoms with Crippen molar-refractivity contribution in [2.75, 3.05) is 4.90 Å². The molecule has 0 unspecified atom stereocenters. The predicted molar refractivity (Wildman–Crippen MR) is 86.6 cm³/mol. The van der Waals surface area contributed by atoms with E-state index in [-0.39, 0.29) is 11.8 Å². The number of amides is 1. The Morgan fingerprint density at radius 2 is 1.74 bits per heavy atom. The lowest BCUT2D eigenvalue weighted by Crippen LogP contribution is -2.28. The molecule has 0 aliphatic carbocycles. The number of hydrogen-bond donors (Lipinski definition) is 1. The van der Waals surface area contributed by atoms with Gasteiger partial charge in [-0.05, 0) is 36.4 Å². The van der Waals surface area contributed by atoms with Crippen LogP contribution in [0.3, 0.4) is 0 Å². The zero-order valence-corrected chi connectivity index (χ0v) is 12.6. The molecular weight excluding hydrogens is 316 g/mol. The van der Waals surface area contributed by atoms with E-state index in [0.717, 1.165) is 11.0 Å². The summed E-state index contributed by atoms with van der Waals surface area (Å²) in [5.74, 6) is -1.13. The number of allylic oxidation sites excluding steroid dienone is 1. The first kappa shape index (κ1) is 15.0. The highest BCUT2D eigenvalue weighted by Crippen LogP contribution is 2.24. The summed E-state index contributed by atoms with van der Waals surface area (Å²) < 4.78 is 5.13. The number of nitrogens with zero attached hydrogens (tertiary/aromatic N) is 1. The minimum atomic E-state index is -0.552. The molecular formula is C17H11ClN2O3. The molecule has 0 atom stereocenters. The van der Waals surface area contributed by atoms with E-state index in [1.807, 2.05) is 0 Å². The van der Waals surface area contributed by atoms with Gasteiger partial charge in [0.1, 0.15) is 0 Å². The molecule has 3 rings (SSSR count). The number of ether oxygens (including phenoxy) is 1. The molecule has 2 aromatic rings. The van der Waals surface area contributed by atoms with Crippen LogP contribution in [0.15, 0.2) is 66.4 Å². The van der Waals surface area contributed by atoms with Gasteiger partial charge in [-0.2, -0.15) is 0 Å². The second-order valence-electron chi connectivity index (χ2n) is 4.76. The molecule has 1 amide bonds. The maximum Gasteiger partial charge on any atom is 0.302 e. The Balaban J connectivity index is 1.87. The molecule has 1 fully saturated rings. The van der Waals surface area contributed by atoms with E-state index in [0.29, 0.717) is 16.3 Å². The number of ketones is 1. The van der Waals surface area contributed by atoms with E-state index in [1.165, 1.54) is 0 Å². The van der Waals surface area contributed by atoms with Gasteiger partial charge in [-0.1, -0.05) is 29.8 Å². The van der Waals surface area contributed by atoms with Crippen molar-refractivity contribution in [2.45, 2.75) is 0 Å². The topological polar surface area (TPSA) is 70.5 Å². The van der Waals surface area contributed by atoms with Gasteiger partial charge in [0.05, 0.1) is 5.69 Å². The van der Waals surface area contributed by atoms with E-state index in [1.54, 1.807) is 54.6 Å². The van der Waals surface area contributed by atoms with Crippen molar-refractivity contribution in [1.82, 2.24) is 0 Å². The number of halogens is 1. The van der Waals surface area contributed by atoms with Crippen molar-refractivity contribution in [3.8, 4) is 0 Å². The Morgan fingerprint density at radius 3 is 2.39 bits per heavy atom. The lowest BCUT2D eigenvalue weighted by Gasteiger charge is -2.11. The van der Waals surface area contributed by atoms with Gasteiger partial charge in [0.25, 0.3) is 0 Å². The van der Waals surface area contributed by atoms with Crippen LogP contribution in [0.1, 0.15) is 10.4 Å². The molecule has 0 spiro atoms. The summed E-state index contributed by atoms with van der Waals surface area (Å²) in [7, 11) is 0. The largest absolute Gasteiger partial charge is 0.419 e. The van der Waals surface area contributed by atoms with Crippen LogP contribution in [0, 0.1) is 5.41 Å². The molecule has 0 saturated carbocycles. The molecule has 0 radical (unpaired) electrons. The SMILES string of the molecule is N=C1O/C(=C\C(=O)c2ccc(Cl)cc2)C(=O)N1c1ccccc1. The third-order valence-electron chi connectivity index (χ3n) is 3.23. The quantitative estimate of drug-likeness (QED) is 0.694. The van der Waals surface area contributed by atoms with Gasteiger partial charge in [-0.3, -0.25) is 15.0 Å². The third kappa shape index (κ3) is 3.00. The van der Waals surface area contributed by atoms with Crippen molar-refractivity contribution < 1.29 is 14.3 Å². The van der Waals surface area contributed by atoms with Crippen molar-refractivity contribution >= 4 is 35.0 Å². The maximum absolute atomic E-state index is 12.4. The first-order valence-electron chi connectivity index (χ1n) is 6.74. The number of carbonyl (C=O) groups is 2. The second-order valence-corrected chi connectivity index (χ2v) is 5.20. The van der Waals surface area contributed by atoms with E-state index in [2.05, 4.69) is 0 Å². The fraction of sp³-hybridized carbons (Fsp3) is 0. The fourth-order valence-electron chi connectivity index (χ4n) is 2.12. The van der Waals surface area contributed by atoms with Crippen molar-refractivity contribution in [3.63, 3.8) is 0 Å². The van der Waals surface area contributed by atoms with Crippen LogP contribution >= 0.6 is 11.6 Å². The van der Waals surface area contributed by atoms with E-state index < -0.39 is 11.7 Å². The summed E-state index contributed by atoms with van der Waals surface area (Å²) in [6, 6.07) is 14.6. The summed E-state index contributed by atoms with van der Waals surface area (Å²) in [6.45, 7) is 0. The van der Waals surface area contributed by atoms with Crippen LogP contribution in [0.4, 0.5) is 5.69 Å². The molecule has 0 bridgehead atoms. The van der Waals surface area contributed by atoms with Crippen LogP contribution in [-0.4, -0.2) is 17.7 Å². The molecule has 6 heteroatoms. The molecule has 2 aromatic carbocycles. The summed E-state index contributed by atoms with van der Waals surface area (Å²) in [5, 5.41) is 8.31. The molecule has 23 heavy (non-hydrogen) atoms. The molecule has 114 valence electrons. The number of benzene rings is 2. The molecule has 1 heterocycles. The van der Waals surface area contributed by atoms with Crippen LogP contribution in [0.2, 0.25) is 5.02 Å². The van der Waals surface area contributed by atoms with Gasteiger partial charge in [0.15, 0.2) is 5.78 Å². The maximum atomic E-state index is 12.4. The summed E-state index contributed by atoms with van der Waals surface area (Å²) in [5.41, 5.74) is 0.882. The molecule has 1 aliphatic heterocycles. The highest BCUT2D eigenvalue weighted by molar-refractivity contribution is 6.30. The molecule has 0 aromatic heterocycles. The van der Waals surface area contributed by atoms with Crippen molar-refractivity contribution in [2.24, 2.45) is 0 Å². The average Bonchev–Trinajstić information content (AvgIpc) is 2.82. The third-order valence-corrected chi connectivity index (χ3v) is 3.48. The Morgan fingerprint density at radius 1 is 1.09 bits per heavy atom. The number of hydrogen-bond acceptors (Lipinski definition) is 4. The summed E-state index contributed by atoms with van der Waals surface area (Å²) in [4.78, 5) is 25.6. The van der Waals surface area contributed by atoms with Crippen LogP contribution in [0.5, 0.6) is 0 Å². The smallest absolute Gasteiger partial charge is 0.302 e. The number of carbonyl (C=O) groups excluding carboxylic acids is 2. The summed E-state index contributed by atoms with van der Waals surface area (Å²) >= 11 is 5.78. The van der Waals surface area contributed by atoms with Gasteiger partial charge >= 0.3 is 11.9 Å². The number of para-hydroxylation sites is 1. The Kier molecular flexibility index (Phi) is 3.95. The van der Waals surface area contributed by atoms with E-state index >= 15 is 0 Å².